The SMILES string of the molecule is Nc1cc2c(=O)[nH]cnc2cc1NCCCC1CC1. The van der Waals surface area contributed by atoms with E-state index in [2.05, 4.69) is 15.3 Å². The van der Waals surface area contributed by atoms with Gasteiger partial charge in [0.25, 0.3) is 5.56 Å². The maximum Gasteiger partial charge on any atom is 0.258 e. The van der Waals surface area contributed by atoms with Gasteiger partial charge in [0.15, 0.2) is 0 Å². The molecule has 0 atom stereocenters. The topological polar surface area (TPSA) is 83.8 Å². The van der Waals surface area contributed by atoms with Gasteiger partial charge in [-0.25, -0.2) is 4.98 Å². The van der Waals surface area contributed by atoms with Crippen molar-refractivity contribution in [3.8, 4) is 0 Å². The molecule has 0 bridgehead atoms. The lowest BCUT2D eigenvalue weighted by Gasteiger charge is -2.10. The van der Waals surface area contributed by atoms with Crippen molar-refractivity contribution in [2.75, 3.05) is 17.6 Å². The van der Waals surface area contributed by atoms with Gasteiger partial charge in [0, 0.05) is 6.54 Å². The van der Waals surface area contributed by atoms with Gasteiger partial charge in [0.05, 0.1) is 28.6 Å². The molecule has 19 heavy (non-hydrogen) atoms. The minimum absolute atomic E-state index is 0.156. The Bertz CT molecular complexity index is 645. The fourth-order valence-electron chi connectivity index (χ4n) is 2.31. The van der Waals surface area contributed by atoms with Gasteiger partial charge in [-0.05, 0) is 30.9 Å². The van der Waals surface area contributed by atoms with Crippen LogP contribution in [0.1, 0.15) is 25.7 Å². The Labute approximate surface area is 111 Å². The molecule has 1 aromatic heterocycles. The number of hydrogen-bond donors (Lipinski definition) is 3. The van der Waals surface area contributed by atoms with Crippen molar-refractivity contribution < 1.29 is 0 Å². The fraction of sp³-hybridized carbons (Fsp3) is 0.429. The van der Waals surface area contributed by atoms with E-state index in [4.69, 9.17) is 5.73 Å². The smallest absolute Gasteiger partial charge is 0.258 e. The average Bonchev–Trinajstić information content (AvgIpc) is 3.20. The molecule has 4 N–H and O–H groups in total. The number of nitrogens with two attached hydrogens (primary N) is 1. The zero-order valence-corrected chi connectivity index (χ0v) is 10.8. The summed E-state index contributed by atoms with van der Waals surface area (Å²) in [5.74, 6) is 0.955. The first-order valence-electron chi connectivity index (χ1n) is 6.75. The minimum atomic E-state index is -0.156. The first-order valence-corrected chi connectivity index (χ1v) is 6.75. The van der Waals surface area contributed by atoms with Crippen molar-refractivity contribution in [2.24, 2.45) is 5.92 Å². The Balaban J connectivity index is 1.74. The van der Waals surface area contributed by atoms with Gasteiger partial charge in [-0.2, -0.15) is 0 Å². The lowest BCUT2D eigenvalue weighted by atomic mass is 10.2. The predicted molar refractivity (Wildman–Crippen MR) is 77.2 cm³/mol. The minimum Gasteiger partial charge on any atom is -0.397 e. The van der Waals surface area contributed by atoms with E-state index in [1.54, 1.807) is 6.07 Å². The maximum absolute atomic E-state index is 11.6. The van der Waals surface area contributed by atoms with E-state index in [-0.39, 0.29) is 5.56 Å². The molecule has 5 heteroatoms. The second-order valence-electron chi connectivity index (χ2n) is 5.20. The molecule has 3 rings (SSSR count). The summed E-state index contributed by atoms with van der Waals surface area (Å²) in [6.45, 7) is 0.912. The van der Waals surface area contributed by atoms with Gasteiger partial charge in [-0.1, -0.05) is 12.8 Å². The second kappa shape index (κ2) is 4.91. The highest BCUT2D eigenvalue weighted by atomic mass is 16.1. The summed E-state index contributed by atoms with van der Waals surface area (Å²) in [4.78, 5) is 18.3. The number of hydrogen-bond acceptors (Lipinski definition) is 4. The number of anilines is 2. The Hall–Kier alpha value is -2.04. The highest BCUT2D eigenvalue weighted by molar-refractivity contribution is 5.88. The van der Waals surface area contributed by atoms with Crippen LogP contribution < -0.4 is 16.6 Å². The van der Waals surface area contributed by atoms with E-state index in [0.717, 1.165) is 24.6 Å². The van der Waals surface area contributed by atoms with Gasteiger partial charge in [-0.15, -0.1) is 0 Å². The van der Waals surface area contributed by atoms with Crippen LogP contribution in [0.2, 0.25) is 0 Å². The maximum atomic E-state index is 11.6. The molecule has 0 spiro atoms. The van der Waals surface area contributed by atoms with Crippen LogP contribution in [0.15, 0.2) is 23.3 Å². The normalized spacial score (nSPS) is 14.7. The zero-order chi connectivity index (χ0) is 13.2. The van der Waals surface area contributed by atoms with Crippen LogP contribution >= 0.6 is 0 Å². The Kier molecular flexibility index (Phi) is 3.11. The van der Waals surface area contributed by atoms with Crippen LogP contribution in [-0.4, -0.2) is 16.5 Å². The van der Waals surface area contributed by atoms with Crippen molar-refractivity contribution in [3.05, 3.63) is 28.8 Å². The van der Waals surface area contributed by atoms with Gasteiger partial charge in [0.1, 0.15) is 0 Å². The van der Waals surface area contributed by atoms with E-state index in [1.807, 2.05) is 6.07 Å². The van der Waals surface area contributed by atoms with Gasteiger partial charge in [-0.3, -0.25) is 4.79 Å². The van der Waals surface area contributed by atoms with Crippen LogP contribution in [0.5, 0.6) is 0 Å². The lowest BCUT2D eigenvalue weighted by molar-refractivity contribution is 0.687. The Morgan fingerprint density at radius 1 is 1.42 bits per heavy atom. The fourth-order valence-corrected chi connectivity index (χ4v) is 2.31. The molecule has 0 saturated heterocycles. The summed E-state index contributed by atoms with van der Waals surface area (Å²) >= 11 is 0. The molecule has 2 aromatic rings. The largest absolute Gasteiger partial charge is 0.397 e. The first-order chi connectivity index (χ1) is 9.24. The number of rotatable bonds is 5. The standard InChI is InChI=1S/C14H18N4O/c15-11-6-10-12(17-8-18-14(10)19)7-13(11)16-5-1-2-9-3-4-9/h6-9,16H,1-5,15H2,(H,17,18,19). The highest BCUT2D eigenvalue weighted by Gasteiger charge is 2.19. The Morgan fingerprint density at radius 3 is 3.05 bits per heavy atom. The summed E-state index contributed by atoms with van der Waals surface area (Å²) in [7, 11) is 0. The molecule has 1 fully saturated rings. The molecular weight excluding hydrogens is 240 g/mol. The molecule has 0 radical (unpaired) electrons. The van der Waals surface area contributed by atoms with E-state index in [0.29, 0.717) is 16.6 Å². The molecule has 1 aromatic carbocycles. The third-order valence-electron chi connectivity index (χ3n) is 3.61. The van der Waals surface area contributed by atoms with E-state index < -0.39 is 0 Å². The number of nitrogens with one attached hydrogen (secondary N) is 2. The second-order valence-corrected chi connectivity index (χ2v) is 5.20. The van der Waals surface area contributed by atoms with Crippen LogP contribution in [0.25, 0.3) is 10.9 Å². The van der Waals surface area contributed by atoms with Crippen LogP contribution in [-0.2, 0) is 0 Å². The molecule has 0 aliphatic heterocycles. The number of fused-ring (bicyclic) bond motifs is 1. The summed E-state index contributed by atoms with van der Waals surface area (Å²) in [5.41, 5.74) is 7.94. The van der Waals surface area contributed by atoms with Crippen molar-refractivity contribution in [1.82, 2.24) is 9.97 Å². The predicted octanol–water partition coefficient (Wildman–Crippen LogP) is 2.11. The molecule has 1 heterocycles. The Morgan fingerprint density at radius 2 is 2.26 bits per heavy atom. The van der Waals surface area contributed by atoms with E-state index >= 15 is 0 Å². The summed E-state index contributed by atoms with van der Waals surface area (Å²) in [6, 6.07) is 3.53. The lowest BCUT2D eigenvalue weighted by Crippen LogP contribution is -2.09. The molecule has 1 saturated carbocycles. The van der Waals surface area contributed by atoms with Crippen molar-refractivity contribution >= 4 is 22.3 Å². The van der Waals surface area contributed by atoms with E-state index in [9.17, 15) is 4.79 Å². The van der Waals surface area contributed by atoms with Crippen LogP contribution in [0, 0.1) is 5.92 Å². The molecule has 5 nitrogen and oxygen atoms in total. The molecule has 1 aliphatic rings. The average molecular weight is 258 g/mol. The number of H-pyrrole nitrogens is 1. The van der Waals surface area contributed by atoms with Gasteiger partial charge in [0.2, 0.25) is 0 Å². The molecule has 0 unspecified atom stereocenters. The van der Waals surface area contributed by atoms with Crippen LogP contribution in [0.3, 0.4) is 0 Å². The number of nitrogens with zero attached hydrogens (tertiary/aromatic N) is 1. The van der Waals surface area contributed by atoms with E-state index in [1.165, 1.54) is 25.6 Å². The summed E-state index contributed by atoms with van der Waals surface area (Å²) in [5, 5.41) is 3.86. The first kappa shape index (κ1) is 12.0. The number of aromatic amines is 1. The molecule has 100 valence electrons. The number of aromatic nitrogens is 2. The summed E-state index contributed by atoms with van der Waals surface area (Å²) in [6.07, 6.45) is 6.65. The summed E-state index contributed by atoms with van der Waals surface area (Å²) < 4.78 is 0. The molecule has 1 aliphatic carbocycles. The third kappa shape index (κ3) is 2.70. The van der Waals surface area contributed by atoms with Gasteiger partial charge < -0.3 is 16.0 Å². The molecular formula is C14H18N4O. The quantitative estimate of drug-likeness (QED) is 0.566. The third-order valence-corrected chi connectivity index (χ3v) is 3.61. The van der Waals surface area contributed by atoms with Crippen LogP contribution in [0.4, 0.5) is 11.4 Å². The molecule has 0 amide bonds. The van der Waals surface area contributed by atoms with Crippen molar-refractivity contribution in [1.29, 1.82) is 0 Å². The van der Waals surface area contributed by atoms with Crippen molar-refractivity contribution in [2.45, 2.75) is 25.7 Å². The number of benzene rings is 1. The van der Waals surface area contributed by atoms with Gasteiger partial charge >= 0.3 is 0 Å². The zero-order valence-electron chi connectivity index (χ0n) is 10.8. The monoisotopic (exact) mass is 258 g/mol. The number of nitrogen functional groups attached to an aromatic ring is 1. The van der Waals surface area contributed by atoms with Crippen molar-refractivity contribution in [3.63, 3.8) is 0 Å². The highest BCUT2D eigenvalue weighted by Crippen LogP contribution is 2.33.